The van der Waals surface area contributed by atoms with Crippen molar-refractivity contribution in [3.05, 3.63) is 54.1 Å². The highest BCUT2D eigenvalue weighted by atomic mass is 32.2. The molecular formula is C20H26N2O3S2. The van der Waals surface area contributed by atoms with E-state index in [4.69, 9.17) is 0 Å². The van der Waals surface area contributed by atoms with E-state index < -0.39 is 10.0 Å². The second-order valence-corrected chi connectivity index (χ2v) is 9.14. The zero-order chi connectivity index (χ0) is 20.0. The van der Waals surface area contributed by atoms with Gasteiger partial charge < -0.3 is 5.32 Å². The summed E-state index contributed by atoms with van der Waals surface area (Å²) in [5.41, 5.74) is 1.48. The summed E-state index contributed by atoms with van der Waals surface area (Å²) in [4.78, 5) is 13.6. The van der Waals surface area contributed by atoms with E-state index in [0.29, 0.717) is 5.69 Å². The Kier molecular flexibility index (Phi) is 7.33. The maximum Gasteiger partial charge on any atom is 0.264 e. The van der Waals surface area contributed by atoms with Crippen LogP contribution in [0.2, 0.25) is 0 Å². The zero-order valence-electron chi connectivity index (χ0n) is 16.1. The summed E-state index contributed by atoms with van der Waals surface area (Å²) >= 11 is 1.54. The number of amides is 1. The van der Waals surface area contributed by atoms with Gasteiger partial charge in [0.05, 0.1) is 10.6 Å². The van der Waals surface area contributed by atoms with Crippen LogP contribution in [0.25, 0.3) is 0 Å². The fourth-order valence-corrected chi connectivity index (χ4v) is 4.28. The van der Waals surface area contributed by atoms with E-state index in [0.717, 1.165) is 21.2 Å². The Morgan fingerprint density at radius 2 is 1.70 bits per heavy atom. The highest BCUT2D eigenvalue weighted by molar-refractivity contribution is 7.98. The van der Waals surface area contributed by atoms with Crippen molar-refractivity contribution in [1.82, 2.24) is 5.32 Å². The number of carbonyl (C=O) groups is 1. The number of benzene rings is 2. The third kappa shape index (κ3) is 5.49. The highest BCUT2D eigenvalue weighted by Gasteiger charge is 2.27. The topological polar surface area (TPSA) is 66.5 Å². The molecule has 0 radical (unpaired) electrons. The number of sulfonamides is 1. The van der Waals surface area contributed by atoms with Gasteiger partial charge in [0.15, 0.2) is 0 Å². The minimum Gasteiger partial charge on any atom is -0.352 e. The van der Waals surface area contributed by atoms with Gasteiger partial charge in [-0.05, 0) is 62.9 Å². The van der Waals surface area contributed by atoms with Crippen LogP contribution in [0.5, 0.6) is 0 Å². The molecule has 27 heavy (non-hydrogen) atoms. The minimum absolute atomic E-state index is 0.0130. The number of rotatable bonds is 8. The van der Waals surface area contributed by atoms with Crippen LogP contribution in [0.4, 0.5) is 5.69 Å². The van der Waals surface area contributed by atoms with Gasteiger partial charge >= 0.3 is 0 Å². The van der Waals surface area contributed by atoms with Gasteiger partial charge in [0.2, 0.25) is 5.91 Å². The Balaban J connectivity index is 2.40. The average Bonchev–Trinajstić information content (AvgIpc) is 2.66. The second kappa shape index (κ2) is 9.28. The Morgan fingerprint density at radius 3 is 2.22 bits per heavy atom. The van der Waals surface area contributed by atoms with Crippen molar-refractivity contribution < 1.29 is 13.2 Å². The lowest BCUT2D eigenvalue weighted by molar-refractivity contribution is -0.120. The van der Waals surface area contributed by atoms with Gasteiger partial charge in [0.1, 0.15) is 6.54 Å². The van der Waals surface area contributed by atoms with Crippen LogP contribution in [-0.4, -0.2) is 33.2 Å². The molecule has 0 saturated carbocycles. The standard InChI is InChI=1S/C20H26N2O3S2/c1-5-16(3)21-20(23)14-22(17-8-6-15(2)7-9-17)27(24,25)19-12-10-18(26-4)11-13-19/h6-13,16H,5,14H2,1-4H3,(H,21,23)/t16-/m1/s1. The van der Waals surface area contributed by atoms with E-state index in [2.05, 4.69) is 5.32 Å². The summed E-state index contributed by atoms with van der Waals surface area (Å²) in [7, 11) is -3.87. The van der Waals surface area contributed by atoms with Crippen molar-refractivity contribution in [2.45, 2.75) is 43.0 Å². The number of aryl methyl sites for hydroxylation is 1. The Morgan fingerprint density at radius 1 is 1.11 bits per heavy atom. The van der Waals surface area contributed by atoms with E-state index in [9.17, 15) is 13.2 Å². The summed E-state index contributed by atoms with van der Waals surface area (Å²) in [5.74, 6) is -0.325. The third-order valence-corrected chi connectivity index (χ3v) is 6.81. The second-order valence-electron chi connectivity index (χ2n) is 6.40. The fraction of sp³-hybridized carbons (Fsp3) is 0.350. The molecule has 0 aliphatic rings. The molecule has 1 amide bonds. The SMILES string of the molecule is CC[C@@H](C)NC(=O)CN(c1ccc(C)cc1)S(=O)(=O)c1ccc(SC)cc1. The largest absolute Gasteiger partial charge is 0.352 e. The molecule has 0 aromatic heterocycles. The van der Waals surface area contributed by atoms with E-state index >= 15 is 0 Å². The first kappa shape index (κ1) is 21.3. The molecular weight excluding hydrogens is 380 g/mol. The molecule has 0 aliphatic heterocycles. The lowest BCUT2D eigenvalue weighted by atomic mass is 10.2. The molecule has 7 heteroatoms. The maximum atomic E-state index is 13.2. The van der Waals surface area contributed by atoms with Crippen LogP contribution >= 0.6 is 11.8 Å². The van der Waals surface area contributed by atoms with Gasteiger partial charge in [-0.1, -0.05) is 24.6 Å². The summed E-state index contributed by atoms with van der Waals surface area (Å²) in [5, 5.41) is 2.83. The van der Waals surface area contributed by atoms with Crippen LogP contribution < -0.4 is 9.62 Å². The lowest BCUT2D eigenvalue weighted by Gasteiger charge is -2.25. The molecule has 0 fully saturated rings. The number of carbonyl (C=O) groups excluding carboxylic acids is 1. The maximum absolute atomic E-state index is 13.2. The molecule has 0 heterocycles. The summed E-state index contributed by atoms with van der Waals surface area (Å²) in [6.45, 7) is 5.52. The van der Waals surface area contributed by atoms with Gasteiger partial charge in [-0.15, -0.1) is 11.8 Å². The van der Waals surface area contributed by atoms with Gasteiger partial charge in [0, 0.05) is 10.9 Å². The number of thioether (sulfide) groups is 1. The number of nitrogens with one attached hydrogen (secondary N) is 1. The first-order valence-corrected chi connectivity index (χ1v) is 11.5. The molecule has 0 aliphatic carbocycles. The van der Waals surface area contributed by atoms with E-state index in [-0.39, 0.29) is 23.4 Å². The normalized spacial score (nSPS) is 12.4. The first-order chi connectivity index (χ1) is 12.8. The Hall–Kier alpha value is -1.99. The van der Waals surface area contributed by atoms with Crippen molar-refractivity contribution in [1.29, 1.82) is 0 Å². The molecule has 0 bridgehead atoms. The molecule has 0 spiro atoms. The Bertz CT molecular complexity index is 863. The van der Waals surface area contributed by atoms with Crippen molar-refractivity contribution in [3.63, 3.8) is 0 Å². The molecule has 1 N–H and O–H groups in total. The van der Waals surface area contributed by atoms with E-state index in [1.54, 1.807) is 48.2 Å². The molecule has 146 valence electrons. The summed E-state index contributed by atoms with van der Waals surface area (Å²) in [6, 6.07) is 13.8. The van der Waals surface area contributed by atoms with E-state index in [1.807, 2.05) is 39.2 Å². The Labute approximate surface area is 166 Å². The number of hydrogen-bond donors (Lipinski definition) is 1. The first-order valence-electron chi connectivity index (χ1n) is 8.80. The van der Waals surface area contributed by atoms with Crippen LogP contribution in [0.15, 0.2) is 58.3 Å². The zero-order valence-corrected chi connectivity index (χ0v) is 17.7. The summed E-state index contributed by atoms with van der Waals surface area (Å²) in [6.07, 6.45) is 2.71. The smallest absolute Gasteiger partial charge is 0.264 e. The third-order valence-electron chi connectivity index (χ3n) is 4.28. The number of anilines is 1. The monoisotopic (exact) mass is 406 g/mol. The fourth-order valence-electron chi connectivity index (χ4n) is 2.45. The predicted molar refractivity (Wildman–Crippen MR) is 112 cm³/mol. The van der Waals surface area contributed by atoms with Crippen LogP contribution in [-0.2, 0) is 14.8 Å². The van der Waals surface area contributed by atoms with Gasteiger partial charge in [-0.2, -0.15) is 0 Å². The predicted octanol–water partition coefficient (Wildman–Crippen LogP) is 3.83. The van der Waals surface area contributed by atoms with Gasteiger partial charge in [-0.3, -0.25) is 9.10 Å². The average molecular weight is 407 g/mol. The molecule has 2 rings (SSSR count). The molecule has 1 atom stereocenters. The van der Waals surface area contributed by atoms with Crippen LogP contribution in [0.3, 0.4) is 0 Å². The highest BCUT2D eigenvalue weighted by Crippen LogP contribution is 2.25. The molecule has 5 nitrogen and oxygen atoms in total. The van der Waals surface area contributed by atoms with Crippen LogP contribution in [0.1, 0.15) is 25.8 Å². The summed E-state index contributed by atoms with van der Waals surface area (Å²) < 4.78 is 27.7. The van der Waals surface area contributed by atoms with Crippen molar-refractivity contribution in [2.24, 2.45) is 0 Å². The molecule has 2 aromatic rings. The van der Waals surface area contributed by atoms with Gasteiger partial charge in [-0.25, -0.2) is 8.42 Å². The number of nitrogens with zero attached hydrogens (tertiary/aromatic N) is 1. The molecule has 2 aromatic carbocycles. The number of hydrogen-bond acceptors (Lipinski definition) is 4. The van der Waals surface area contributed by atoms with E-state index in [1.165, 1.54) is 0 Å². The van der Waals surface area contributed by atoms with Crippen LogP contribution in [0, 0.1) is 6.92 Å². The molecule has 0 saturated heterocycles. The lowest BCUT2D eigenvalue weighted by Crippen LogP contribution is -2.43. The van der Waals surface area contributed by atoms with Crippen molar-refractivity contribution in [2.75, 3.05) is 17.1 Å². The van der Waals surface area contributed by atoms with Gasteiger partial charge in [0.25, 0.3) is 10.0 Å². The quantitative estimate of drug-likeness (QED) is 0.677. The molecule has 0 unspecified atom stereocenters. The minimum atomic E-state index is -3.87. The van der Waals surface area contributed by atoms with Crippen molar-refractivity contribution in [3.8, 4) is 0 Å². The van der Waals surface area contributed by atoms with Crippen molar-refractivity contribution >= 4 is 33.4 Å².